The van der Waals surface area contributed by atoms with Crippen molar-refractivity contribution in [1.82, 2.24) is 9.71 Å². The zero-order valence-electron chi connectivity index (χ0n) is 11.0. The Morgan fingerprint density at radius 3 is 2.90 bits per heavy atom. The van der Waals surface area contributed by atoms with Crippen LogP contribution in [0, 0.1) is 0 Å². The average Bonchev–Trinajstić information content (AvgIpc) is 3.08. The van der Waals surface area contributed by atoms with Crippen LogP contribution in [0.4, 0.5) is 0 Å². The Balaban J connectivity index is 1.68. The Morgan fingerprint density at radius 1 is 1.25 bits per heavy atom. The van der Waals surface area contributed by atoms with Crippen molar-refractivity contribution >= 4 is 21.4 Å². The van der Waals surface area contributed by atoms with Gasteiger partial charge in [0.2, 0.25) is 10.0 Å². The van der Waals surface area contributed by atoms with Crippen molar-refractivity contribution in [3.8, 4) is 0 Å². The maximum Gasteiger partial charge on any atom is 0.240 e. The number of aromatic nitrogens is 1. The number of sulfonamides is 1. The van der Waals surface area contributed by atoms with Crippen molar-refractivity contribution in [2.24, 2.45) is 0 Å². The highest BCUT2D eigenvalue weighted by Crippen LogP contribution is 2.24. The lowest BCUT2D eigenvalue weighted by Gasteiger charge is -2.08. The molecule has 1 heterocycles. The van der Waals surface area contributed by atoms with Crippen LogP contribution in [0.5, 0.6) is 0 Å². The molecule has 1 aromatic heterocycles. The van der Waals surface area contributed by atoms with Crippen molar-refractivity contribution in [3.05, 3.63) is 45.9 Å². The molecule has 0 aliphatic heterocycles. The maximum absolute atomic E-state index is 12.2. The number of thiazole rings is 1. The van der Waals surface area contributed by atoms with Gasteiger partial charge in [-0.05, 0) is 42.5 Å². The van der Waals surface area contributed by atoms with E-state index in [1.54, 1.807) is 12.3 Å². The third-order valence-electron chi connectivity index (χ3n) is 3.49. The van der Waals surface area contributed by atoms with E-state index in [-0.39, 0.29) is 0 Å². The van der Waals surface area contributed by atoms with Gasteiger partial charge in [0, 0.05) is 24.5 Å². The summed E-state index contributed by atoms with van der Waals surface area (Å²) in [6.45, 7) is 0.382. The quantitative estimate of drug-likeness (QED) is 0.921. The fourth-order valence-corrected chi connectivity index (χ4v) is 4.17. The van der Waals surface area contributed by atoms with E-state index in [0.717, 1.165) is 24.3 Å². The molecule has 1 N–H and O–H groups in total. The predicted molar refractivity (Wildman–Crippen MR) is 79.5 cm³/mol. The number of hydrogen-bond donors (Lipinski definition) is 1. The van der Waals surface area contributed by atoms with Gasteiger partial charge in [0.15, 0.2) is 0 Å². The van der Waals surface area contributed by atoms with Crippen molar-refractivity contribution in [3.63, 3.8) is 0 Å². The zero-order chi connectivity index (χ0) is 14.0. The first-order chi connectivity index (χ1) is 9.65. The topological polar surface area (TPSA) is 59.1 Å². The first-order valence-electron chi connectivity index (χ1n) is 6.65. The molecule has 2 aromatic rings. The van der Waals surface area contributed by atoms with Gasteiger partial charge in [0.05, 0.1) is 9.90 Å². The zero-order valence-corrected chi connectivity index (χ0v) is 12.6. The summed E-state index contributed by atoms with van der Waals surface area (Å²) < 4.78 is 27.1. The van der Waals surface area contributed by atoms with E-state index in [1.807, 2.05) is 17.5 Å². The second-order valence-corrected chi connectivity index (χ2v) is 7.60. The molecule has 0 fully saturated rings. The Kier molecular flexibility index (Phi) is 3.87. The van der Waals surface area contributed by atoms with E-state index in [2.05, 4.69) is 9.71 Å². The van der Waals surface area contributed by atoms with Crippen LogP contribution in [0.1, 0.15) is 22.6 Å². The van der Waals surface area contributed by atoms with Gasteiger partial charge in [0.1, 0.15) is 0 Å². The van der Waals surface area contributed by atoms with Gasteiger partial charge < -0.3 is 0 Å². The van der Waals surface area contributed by atoms with Gasteiger partial charge in [-0.25, -0.2) is 18.1 Å². The summed E-state index contributed by atoms with van der Waals surface area (Å²) in [6.07, 6.45) is 5.53. The van der Waals surface area contributed by atoms with Crippen molar-refractivity contribution < 1.29 is 8.42 Å². The number of nitrogens with one attached hydrogen (secondary N) is 1. The molecule has 0 radical (unpaired) electrons. The minimum atomic E-state index is -3.41. The molecule has 0 saturated carbocycles. The summed E-state index contributed by atoms with van der Waals surface area (Å²) in [5.74, 6) is 0. The molecule has 106 valence electrons. The minimum Gasteiger partial charge on any atom is -0.250 e. The Morgan fingerprint density at radius 2 is 2.10 bits per heavy atom. The number of fused-ring (bicyclic) bond motifs is 1. The lowest BCUT2D eigenvalue weighted by atomic mass is 10.1. The standard InChI is InChI=1S/C14H16N2O2S2/c17-20(18,16-7-6-14-15-8-9-19-14)13-5-4-11-2-1-3-12(11)10-13/h4-5,8-10,16H,1-3,6-7H2. The fourth-order valence-electron chi connectivity index (χ4n) is 2.47. The van der Waals surface area contributed by atoms with Crippen LogP contribution >= 0.6 is 11.3 Å². The summed E-state index contributed by atoms with van der Waals surface area (Å²) in [5.41, 5.74) is 2.46. The SMILES string of the molecule is O=S(=O)(NCCc1nccs1)c1ccc2c(c1)CCC2. The lowest BCUT2D eigenvalue weighted by molar-refractivity contribution is 0.581. The summed E-state index contributed by atoms with van der Waals surface area (Å²) >= 11 is 1.54. The number of benzene rings is 1. The van der Waals surface area contributed by atoms with Gasteiger partial charge in [0.25, 0.3) is 0 Å². The van der Waals surface area contributed by atoms with E-state index in [0.29, 0.717) is 17.9 Å². The second-order valence-electron chi connectivity index (χ2n) is 4.86. The Bertz CT molecular complexity index is 694. The van der Waals surface area contributed by atoms with Crippen molar-refractivity contribution in [1.29, 1.82) is 0 Å². The molecule has 0 unspecified atom stereocenters. The molecular weight excluding hydrogens is 292 g/mol. The van der Waals surface area contributed by atoms with Crippen molar-refractivity contribution in [2.75, 3.05) is 6.54 Å². The molecule has 6 heteroatoms. The fraction of sp³-hybridized carbons (Fsp3) is 0.357. The molecule has 1 aliphatic rings. The second kappa shape index (κ2) is 5.63. The third kappa shape index (κ3) is 2.92. The van der Waals surface area contributed by atoms with Gasteiger partial charge in [-0.2, -0.15) is 0 Å². The number of nitrogens with zero attached hydrogens (tertiary/aromatic N) is 1. The minimum absolute atomic E-state index is 0.372. The Hall–Kier alpha value is -1.24. The monoisotopic (exact) mass is 308 g/mol. The van der Waals surface area contributed by atoms with Crippen LogP contribution in [0.3, 0.4) is 0 Å². The van der Waals surface area contributed by atoms with E-state index in [4.69, 9.17) is 0 Å². The maximum atomic E-state index is 12.2. The highest BCUT2D eigenvalue weighted by atomic mass is 32.2. The predicted octanol–water partition coefficient (Wildman–Crippen LogP) is 2.15. The molecular formula is C14H16N2O2S2. The molecule has 1 aliphatic carbocycles. The molecule has 0 bridgehead atoms. The molecule has 0 saturated heterocycles. The molecule has 0 atom stereocenters. The van der Waals surface area contributed by atoms with Crippen LogP contribution in [-0.2, 0) is 29.3 Å². The molecule has 0 spiro atoms. The molecule has 0 amide bonds. The summed E-state index contributed by atoms with van der Waals surface area (Å²) in [6, 6.07) is 5.46. The van der Waals surface area contributed by atoms with Crippen LogP contribution in [0.25, 0.3) is 0 Å². The van der Waals surface area contributed by atoms with Crippen LogP contribution in [-0.4, -0.2) is 19.9 Å². The van der Waals surface area contributed by atoms with Gasteiger partial charge in [-0.1, -0.05) is 6.07 Å². The number of aryl methyl sites for hydroxylation is 2. The van der Waals surface area contributed by atoms with E-state index < -0.39 is 10.0 Å². The largest absolute Gasteiger partial charge is 0.250 e. The van der Waals surface area contributed by atoms with E-state index in [1.165, 1.54) is 22.5 Å². The molecule has 20 heavy (non-hydrogen) atoms. The van der Waals surface area contributed by atoms with Gasteiger partial charge in [-0.15, -0.1) is 11.3 Å². The number of hydrogen-bond acceptors (Lipinski definition) is 4. The van der Waals surface area contributed by atoms with Crippen LogP contribution in [0.15, 0.2) is 34.7 Å². The highest BCUT2D eigenvalue weighted by Gasteiger charge is 2.18. The highest BCUT2D eigenvalue weighted by molar-refractivity contribution is 7.89. The van der Waals surface area contributed by atoms with Gasteiger partial charge >= 0.3 is 0 Å². The van der Waals surface area contributed by atoms with Crippen molar-refractivity contribution in [2.45, 2.75) is 30.6 Å². The molecule has 3 rings (SSSR count). The summed E-state index contributed by atoms with van der Waals surface area (Å²) in [5, 5.41) is 2.84. The van der Waals surface area contributed by atoms with E-state index in [9.17, 15) is 8.42 Å². The summed E-state index contributed by atoms with van der Waals surface area (Å²) in [4.78, 5) is 4.51. The summed E-state index contributed by atoms with van der Waals surface area (Å²) in [7, 11) is -3.41. The number of rotatable bonds is 5. The average molecular weight is 308 g/mol. The molecule has 4 nitrogen and oxygen atoms in total. The lowest BCUT2D eigenvalue weighted by Crippen LogP contribution is -2.26. The van der Waals surface area contributed by atoms with E-state index >= 15 is 0 Å². The van der Waals surface area contributed by atoms with Gasteiger partial charge in [-0.3, -0.25) is 0 Å². The third-order valence-corrected chi connectivity index (χ3v) is 5.79. The first-order valence-corrected chi connectivity index (χ1v) is 9.01. The first kappa shape index (κ1) is 13.7. The van der Waals surface area contributed by atoms with Crippen LogP contribution in [0.2, 0.25) is 0 Å². The molecule has 1 aromatic carbocycles. The Labute approximate surface area is 122 Å². The normalized spacial score (nSPS) is 14.4. The smallest absolute Gasteiger partial charge is 0.240 e. The van der Waals surface area contributed by atoms with Crippen LogP contribution < -0.4 is 4.72 Å².